The van der Waals surface area contributed by atoms with Crippen LogP contribution < -0.4 is 0 Å². The number of nitrogens with one attached hydrogen (secondary N) is 1. The maximum Gasteiger partial charge on any atom is 0.139 e. The molecule has 4 heteroatoms. The van der Waals surface area contributed by atoms with Gasteiger partial charge in [0.05, 0.1) is 18.6 Å². The van der Waals surface area contributed by atoms with Crippen molar-refractivity contribution < 1.29 is 4.79 Å². The number of hydrogen-bond donors (Lipinski definition) is 1. The Morgan fingerprint density at radius 2 is 2.33 bits per heavy atom. The standard InChI is InChI=1S/C14H13N3O/c1-10-2-3-13-11(6-10)12(7-15-13)14-8-17(4-5-18)9-16-14/h2-3,5-9,15H,4H2,1H3. The summed E-state index contributed by atoms with van der Waals surface area (Å²) in [6, 6.07) is 6.28. The van der Waals surface area contributed by atoms with Gasteiger partial charge in [-0.25, -0.2) is 4.98 Å². The molecule has 2 heterocycles. The van der Waals surface area contributed by atoms with E-state index in [4.69, 9.17) is 0 Å². The second-order valence-electron chi connectivity index (χ2n) is 4.37. The summed E-state index contributed by atoms with van der Waals surface area (Å²) in [5, 5.41) is 1.16. The summed E-state index contributed by atoms with van der Waals surface area (Å²) in [5.41, 5.74) is 4.27. The second kappa shape index (κ2) is 4.14. The zero-order valence-electron chi connectivity index (χ0n) is 10.1. The average Bonchev–Trinajstić information content (AvgIpc) is 2.95. The molecule has 0 aliphatic heterocycles. The minimum absolute atomic E-state index is 0.342. The third kappa shape index (κ3) is 1.72. The van der Waals surface area contributed by atoms with Gasteiger partial charge in [-0.3, -0.25) is 0 Å². The van der Waals surface area contributed by atoms with Crippen molar-refractivity contribution >= 4 is 17.2 Å². The molecule has 0 aliphatic rings. The van der Waals surface area contributed by atoms with E-state index in [0.717, 1.165) is 28.4 Å². The van der Waals surface area contributed by atoms with Crippen LogP contribution in [0.1, 0.15) is 5.56 Å². The molecule has 0 fully saturated rings. The molecule has 0 bridgehead atoms. The van der Waals surface area contributed by atoms with Gasteiger partial charge in [0.25, 0.3) is 0 Å². The SMILES string of the molecule is Cc1ccc2[nH]cc(-c3cn(CC=O)cn3)c2c1. The first-order valence-corrected chi connectivity index (χ1v) is 5.81. The van der Waals surface area contributed by atoms with Gasteiger partial charge in [-0.1, -0.05) is 11.6 Å². The maximum atomic E-state index is 10.5. The van der Waals surface area contributed by atoms with Crippen molar-refractivity contribution in [2.75, 3.05) is 0 Å². The third-order valence-electron chi connectivity index (χ3n) is 3.03. The number of aromatic nitrogens is 3. The van der Waals surface area contributed by atoms with Crippen LogP contribution in [0.5, 0.6) is 0 Å². The van der Waals surface area contributed by atoms with Gasteiger partial charge in [0.2, 0.25) is 0 Å². The molecule has 0 saturated heterocycles. The summed E-state index contributed by atoms with van der Waals surface area (Å²) >= 11 is 0. The smallest absolute Gasteiger partial charge is 0.139 e. The predicted octanol–water partition coefficient (Wildman–Crippen LogP) is 2.54. The van der Waals surface area contributed by atoms with Gasteiger partial charge >= 0.3 is 0 Å². The lowest BCUT2D eigenvalue weighted by molar-refractivity contribution is -0.108. The lowest BCUT2D eigenvalue weighted by atomic mass is 10.1. The number of aromatic amines is 1. The highest BCUT2D eigenvalue weighted by molar-refractivity contribution is 5.94. The van der Waals surface area contributed by atoms with E-state index in [0.29, 0.717) is 6.54 Å². The normalized spacial score (nSPS) is 10.9. The Hall–Kier alpha value is -2.36. The monoisotopic (exact) mass is 239 g/mol. The lowest BCUT2D eigenvalue weighted by Crippen LogP contribution is -1.93. The van der Waals surface area contributed by atoms with Crippen LogP contribution in [0.4, 0.5) is 0 Å². The summed E-state index contributed by atoms with van der Waals surface area (Å²) in [6.07, 6.45) is 6.39. The van der Waals surface area contributed by atoms with Crippen LogP contribution >= 0.6 is 0 Å². The number of benzene rings is 1. The van der Waals surface area contributed by atoms with E-state index in [1.807, 2.05) is 12.4 Å². The number of aryl methyl sites for hydroxylation is 1. The molecule has 0 aliphatic carbocycles. The molecule has 2 aromatic heterocycles. The quantitative estimate of drug-likeness (QED) is 0.714. The molecule has 0 radical (unpaired) electrons. The number of imidazole rings is 1. The van der Waals surface area contributed by atoms with Crippen LogP contribution in [0.3, 0.4) is 0 Å². The third-order valence-corrected chi connectivity index (χ3v) is 3.03. The number of fused-ring (bicyclic) bond motifs is 1. The largest absolute Gasteiger partial charge is 0.360 e. The van der Waals surface area contributed by atoms with Crippen molar-refractivity contribution in [3.05, 3.63) is 42.5 Å². The fourth-order valence-electron chi connectivity index (χ4n) is 2.13. The number of rotatable bonds is 3. The number of nitrogens with zero attached hydrogens (tertiary/aromatic N) is 2. The van der Waals surface area contributed by atoms with Gasteiger partial charge in [-0.15, -0.1) is 0 Å². The minimum atomic E-state index is 0.342. The highest BCUT2D eigenvalue weighted by Gasteiger charge is 2.08. The average molecular weight is 239 g/mol. The van der Waals surface area contributed by atoms with Gasteiger partial charge < -0.3 is 14.3 Å². The number of carbonyl (C=O) groups excluding carboxylic acids is 1. The Morgan fingerprint density at radius 3 is 3.17 bits per heavy atom. The van der Waals surface area contributed by atoms with Crippen molar-refractivity contribution in [2.45, 2.75) is 13.5 Å². The topological polar surface area (TPSA) is 50.7 Å². The Labute approximate surface area is 104 Å². The van der Waals surface area contributed by atoms with Crippen molar-refractivity contribution in [1.82, 2.24) is 14.5 Å². The Bertz CT molecular complexity index is 709. The molecule has 18 heavy (non-hydrogen) atoms. The van der Waals surface area contributed by atoms with E-state index in [-0.39, 0.29) is 0 Å². The molecule has 0 unspecified atom stereocenters. The van der Waals surface area contributed by atoms with Gasteiger partial charge in [-0.2, -0.15) is 0 Å². The Balaban J connectivity index is 2.12. The highest BCUT2D eigenvalue weighted by Crippen LogP contribution is 2.27. The van der Waals surface area contributed by atoms with Crippen LogP contribution in [-0.4, -0.2) is 20.8 Å². The number of carbonyl (C=O) groups is 1. The van der Waals surface area contributed by atoms with Crippen LogP contribution in [0, 0.1) is 6.92 Å². The Kier molecular flexibility index (Phi) is 2.48. The molecule has 3 aromatic rings. The molecule has 1 N–H and O–H groups in total. The number of aldehydes is 1. The van der Waals surface area contributed by atoms with E-state index in [1.54, 1.807) is 10.9 Å². The molecular formula is C14H13N3O. The van der Waals surface area contributed by atoms with Crippen molar-refractivity contribution in [1.29, 1.82) is 0 Å². The molecule has 90 valence electrons. The summed E-state index contributed by atoms with van der Waals surface area (Å²) in [4.78, 5) is 18.0. The van der Waals surface area contributed by atoms with Crippen molar-refractivity contribution in [2.24, 2.45) is 0 Å². The molecule has 0 spiro atoms. The van der Waals surface area contributed by atoms with Gasteiger partial charge in [0.15, 0.2) is 0 Å². The summed E-state index contributed by atoms with van der Waals surface area (Å²) in [6.45, 7) is 2.41. The molecule has 0 saturated carbocycles. The summed E-state index contributed by atoms with van der Waals surface area (Å²) in [5.74, 6) is 0. The first-order valence-electron chi connectivity index (χ1n) is 5.81. The minimum Gasteiger partial charge on any atom is -0.360 e. The predicted molar refractivity (Wildman–Crippen MR) is 70.3 cm³/mol. The van der Waals surface area contributed by atoms with E-state index >= 15 is 0 Å². The molecule has 3 rings (SSSR count). The zero-order valence-corrected chi connectivity index (χ0v) is 10.1. The van der Waals surface area contributed by atoms with Crippen LogP contribution in [0.2, 0.25) is 0 Å². The van der Waals surface area contributed by atoms with Gasteiger partial charge in [-0.05, 0) is 19.1 Å². The summed E-state index contributed by atoms with van der Waals surface area (Å²) in [7, 11) is 0. The second-order valence-corrected chi connectivity index (χ2v) is 4.37. The fourth-order valence-corrected chi connectivity index (χ4v) is 2.13. The van der Waals surface area contributed by atoms with Crippen molar-refractivity contribution in [3.8, 4) is 11.3 Å². The highest BCUT2D eigenvalue weighted by atomic mass is 16.1. The first-order chi connectivity index (χ1) is 8.78. The van der Waals surface area contributed by atoms with Crippen LogP contribution in [0.25, 0.3) is 22.2 Å². The van der Waals surface area contributed by atoms with E-state index in [9.17, 15) is 4.79 Å². The molecule has 0 amide bonds. The van der Waals surface area contributed by atoms with E-state index in [2.05, 4.69) is 35.1 Å². The fraction of sp³-hybridized carbons (Fsp3) is 0.143. The van der Waals surface area contributed by atoms with E-state index < -0.39 is 0 Å². The Morgan fingerprint density at radius 1 is 1.44 bits per heavy atom. The number of H-pyrrole nitrogens is 1. The zero-order chi connectivity index (χ0) is 12.5. The molecular weight excluding hydrogens is 226 g/mol. The van der Waals surface area contributed by atoms with E-state index in [1.165, 1.54) is 5.56 Å². The number of hydrogen-bond acceptors (Lipinski definition) is 2. The van der Waals surface area contributed by atoms with Crippen molar-refractivity contribution in [3.63, 3.8) is 0 Å². The first kappa shape index (κ1) is 10.8. The molecule has 0 atom stereocenters. The van der Waals surface area contributed by atoms with Crippen LogP contribution in [0.15, 0.2) is 36.9 Å². The van der Waals surface area contributed by atoms with Crippen LogP contribution in [-0.2, 0) is 11.3 Å². The maximum absolute atomic E-state index is 10.5. The lowest BCUT2D eigenvalue weighted by Gasteiger charge is -1.96. The molecule has 1 aromatic carbocycles. The molecule has 4 nitrogen and oxygen atoms in total. The summed E-state index contributed by atoms with van der Waals surface area (Å²) < 4.78 is 1.77. The van der Waals surface area contributed by atoms with Gasteiger partial charge in [0.1, 0.15) is 6.29 Å². The van der Waals surface area contributed by atoms with Gasteiger partial charge in [0, 0.05) is 28.9 Å².